The van der Waals surface area contributed by atoms with Gasteiger partial charge in [0.2, 0.25) is 5.91 Å². The number of amides is 1. The van der Waals surface area contributed by atoms with Gasteiger partial charge in [0.05, 0.1) is 18.8 Å². The summed E-state index contributed by atoms with van der Waals surface area (Å²) < 4.78 is 0. The maximum absolute atomic E-state index is 11.9. The SMILES string of the molecule is CCCNC(=O)CN1CCC(NC(=NC)NCc2cccc(N(C)C)n2)CC1. The lowest BCUT2D eigenvalue weighted by Gasteiger charge is -2.32. The van der Waals surface area contributed by atoms with E-state index in [1.807, 2.05) is 37.2 Å². The maximum Gasteiger partial charge on any atom is 0.234 e. The van der Waals surface area contributed by atoms with Gasteiger partial charge in [0.1, 0.15) is 5.82 Å². The van der Waals surface area contributed by atoms with Crippen molar-refractivity contribution in [2.75, 3.05) is 52.2 Å². The minimum atomic E-state index is 0.123. The summed E-state index contributed by atoms with van der Waals surface area (Å²) in [6, 6.07) is 6.38. The molecule has 1 aliphatic heterocycles. The summed E-state index contributed by atoms with van der Waals surface area (Å²) in [7, 11) is 5.76. The fourth-order valence-electron chi connectivity index (χ4n) is 3.14. The predicted octanol–water partition coefficient (Wildman–Crippen LogP) is 0.803. The highest BCUT2D eigenvalue weighted by atomic mass is 16.2. The van der Waals surface area contributed by atoms with Crippen LogP contribution in [0, 0.1) is 0 Å². The van der Waals surface area contributed by atoms with Crippen molar-refractivity contribution >= 4 is 17.7 Å². The van der Waals surface area contributed by atoms with Crippen LogP contribution in [0.3, 0.4) is 0 Å². The molecule has 0 spiro atoms. The van der Waals surface area contributed by atoms with E-state index in [4.69, 9.17) is 0 Å². The van der Waals surface area contributed by atoms with Crippen LogP contribution in [0.4, 0.5) is 5.82 Å². The molecular formula is C20H35N7O. The van der Waals surface area contributed by atoms with Gasteiger partial charge in [0.15, 0.2) is 5.96 Å². The Kier molecular flexibility index (Phi) is 9.00. The van der Waals surface area contributed by atoms with Crippen LogP contribution in [0.15, 0.2) is 23.2 Å². The third-order valence-corrected chi connectivity index (χ3v) is 4.78. The molecule has 3 N–H and O–H groups in total. The largest absolute Gasteiger partial charge is 0.363 e. The van der Waals surface area contributed by atoms with Crippen molar-refractivity contribution in [2.45, 2.75) is 38.8 Å². The van der Waals surface area contributed by atoms with Crippen LogP contribution < -0.4 is 20.9 Å². The molecule has 156 valence electrons. The van der Waals surface area contributed by atoms with E-state index < -0.39 is 0 Å². The fraction of sp³-hybridized carbons (Fsp3) is 0.650. The van der Waals surface area contributed by atoms with E-state index in [9.17, 15) is 4.79 Å². The number of hydrogen-bond acceptors (Lipinski definition) is 5. The zero-order chi connectivity index (χ0) is 20.4. The number of anilines is 1. The average Bonchev–Trinajstić information content (AvgIpc) is 2.71. The molecule has 0 saturated carbocycles. The Morgan fingerprint density at radius 2 is 2.04 bits per heavy atom. The quantitative estimate of drug-likeness (QED) is 0.451. The second-order valence-corrected chi connectivity index (χ2v) is 7.35. The minimum absolute atomic E-state index is 0.123. The molecule has 1 saturated heterocycles. The van der Waals surface area contributed by atoms with Crippen LogP contribution in [0.5, 0.6) is 0 Å². The van der Waals surface area contributed by atoms with Crippen molar-refractivity contribution in [1.82, 2.24) is 25.8 Å². The van der Waals surface area contributed by atoms with Gasteiger partial charge in [-0.25, -0.2) is 4.98 Å². The first-order valence-corrected chi connectivity index (χ1v) is 10.1. The van der Waals surface area contributed by atoms with E-state index in [0.717, 1.165) is 56.4 Å². The lowest BCUT2D eigenvalue weighted by molar-refractivity contribution is -0.122. The zero-order valence-electron chi connectivity index (χ0n) is 17.7. The summed E-state index contributed by atoms with van der Waals surface area (Å²) in [5.41, 5.74) is 0.974. The summed E-state index contributed by atoms with van der Waals surface area (Å²) in [5, 5.41) is 9.78. The number of aliphatic imine (C=N–C) groups is 1. The summed E-state index contributed by atoms with van der Waals surface area (Å²) in [5.74, 6) is 1.85. The van der Waals surface area contributed by atoms with Gasteiger partial charge in [0, 0.05) is 46.8 Å². The number of aromatic nitrogens is 1. The molecule has 0 radical (unpaired) electrons. The number of carbonyl (C=O) groups is 1. The van der Waals surface area contributed by atoms with Crippen molar-refractivity contribution in [3.8, 4) is 0 Å². The zero-order valence-corrected chi connectivity index (χ0v) is 17.7. The van der Waals surface area contributed by atoms with Gasteiger partial charge in [-0.15, -0.1) is 0 Å². The van der Waals surface area contributed by atoms with Crippen LogP contribution in [-0.4, -0.2) is 75.1 Å². The van der Waals surface area contributed by atoms with Crippen molar-refractivity contribution in [2.24, 2.45) is 4.99 Å². The average molecular weight is 390 g/mol. The Balaban J connectivity index is 1.74. The van der Waals surface area contributed by atoms with Gasteiger partial charge < -0.3 is 20.9 Å². The normalized spacial score (nSPS) is 15.9. The van der Waals surface area contributed by atoms with E-state index in [-0.39, 0.29) is 5.91 Å². The lowest BCUT2D eigenvalue weighted by Crippen LogP contribution is -2.50. The molecule has 0 aromatic carbocycles. The Bertz CT molecular complexity index is 639. The number of guanidine groups is 1. The number of rotatable bonds is 8. The first-order valence-electron chi connectivity index (χ1n) is 10.1. The standard InChI is InChI=1S/C20H35N7O/c1-5-11-22-19(28)15-27-12-9-16(10-13-27)25-20(21-2)23-14-17-7-6-8-18(24-17)26(3)4/h6-8,16H,5,9-15H2,1-4H3,(H,22,28)(H2,21,23,25). The predicted molar refractivity (Wildman–Crippen MR) is 115 cm³/mol. The Labute approximate surface area is 168 Å². The molecule has 0 bridgehead atoms. The highest BCUT2D eigenvalue weighted by Gasteiger charge is 2.21. The van der Waals surface area contributed by atoms with Crippen molar-refractivity contribution in [1.29, 1.82) is 0 Å². The second-order valence-electron chi connectivity index (χ2n) is 7.35. The number of piperidine rings is 1. The van der Waals surface area contributed by atoms with Gasteiger partial charge in [-0.05, 0) is 31.4 Å². The third-order valence-electron chi connectivity index (χ3n) is 4.78. The number of nitrogens with one attached hydrogen (secondary N) is 3. The van der Waals surface area contributed by atoms with Crippen LogP contribution >= 0.6 is 0 Å². The molecule has 28 heavy (non-hydrogen) atoms. The lowest BCUT2D eigenvalue weighted by atomic mass is 10.1. The first-order chi connectivity index (χ1) is 13.5. The van der Waals surface area contributed by atoms with Gasteiger partial charge in [-0.2, -0.15) is 0 Å². The number of hydrogen-bond donors (Lipinski definition) is 3. The summed E-state index contributed by atoms with van der Waals surface area (Å²) in [6.45, 7) is 5.77. The second kappa shape index (κ2) is 11.5. The van der Waals surface area contributed by atoms with Crippen LogP contribution in [0.25, 0.3) is 0 Å². The Hall–Kier alpha value is -2.35. The van der Waals surface area contributed by atoms with Gasteiger partial charge in [-0.3, -0.25) is 14.7 Å². The molecule has 1 amide bonds. The summed E-state index contributed by atoms with van der Waals surface area (Å²) in [4.78, 5) is 25.0. The molecule has 1 aliphatic rings. The van der Waals surface area contributed by atoms with E-state index in [0.29, 0.717) is 19.1 Å². The van der Waals surface area contributed by atoms with E-state index in [1.165, 1.54) is 0 Å². The fourth-order valence-corrected chi connectivity index (χ4v) is 3.14. The molecule has 2 rings (SSSR count). The molecule has 2 heterocycles. The molecule has 1 aromatic rings. The van der Waals surface area contributed by atoms with Gasteiger partial charge >= 0.3 is 0 Å². The topological polar surface area (TPSA) is 84.9 Å². The number of likely N-dealkylation sites (tertiary alicyclic amines) is 1. The first kappa shape index (κ1) is 21.9. The Morgan fingerprint density at radius 3 is 2.68 bits per heavy atom. The highest BCUT2D eigenvalue weighted by Crippen LogP contribution is 2.10. The minimum Gasteiger partial charge on any atom is -0.363 e. The number of pyridine rings is 1. The smallest absolute Gasteiger partial charge is 0.234 e. The van der Waals surface area contributed by atoms with Crippen LogP contribution in [0.2, 0.25) is 0 Å². The molecule has 8 nitrogen and oxygen atoms in total. The van der Waals surface area contributed by atoms with Crippen LogP contribution in [0.1, 0.15) is 31.9 Å². The molecule has 8 heteroatoms. The van der Waals surface area contributed by atoms with Gasteiger partial charge in [-0.1, -0.05) is 13.0 Å². The van der Waals surface area contributed by atoms with Crippen molar-refractivity contribution in [3.05, 3.63) is 23.9 Å². The van der Waals surface area contributed by atoms with Crippen molar-refractivity contribution in [3.63, 3.8) is 0 Å². The van der Waals surface area contributed by atoms with Crippen LogP contribution in [-0.2, 0) is 11.3 Å². The summed E-state index contributed by atoms with van der Waals surface area (Å²) >= 11 is 0. The highest BCUT2D eigenvalue weighted by molar-refractivity contribution is 5.80. The number of nitrogens with zero attached hydrogens (tertiary/aromatic N) is 4. The van der Waals surface area contributed by atoms with E-state index >= 15 is 0 Å². The molecule has 1 aromatic heterocycles. The molecular weight excluding hydrogens is 354 g/mol. The van der Waals surface area contributed by atoms with E-state index in [2.05, 4.69) is 37.8 Å². The molecule has 1 fully saturated rings. The summed E-state index contributed by atoms with van der Waals surface area (Å²) in [6.07, 6.45) is 2.96. The van der Waals surface area contributed by atoms with Crippen molar-refractivity contribution < 1.29 is 4.79 Å². The third kappa shape index (κ3) is 7.34. The number of carbonyl (C=O) groups excluding carboxylic acids is 1. The maximum atomic E-state index is 11.9. The molecule has 0 atom stereocenters. The Morgan fingerprint density at radius 1 is 1.29 bits per heavy atom. The van der Waals surface area contributed by atoms with Gasteiger partial charge in [0.25, 0.3) is 0 Å². The monoisotopic (exact) mass is 389 g/mol. The molecule has 0 aliphatic carbocycles. The van der Waals surface area contributed by atoms with E-state index in [1.54, 1.807) is 7.05 Å². The molecule has 0 unspecified atom stereocenters.